The lowest BCUT2D eigenvalue weighted by atomic mass is 9.77. The molecule has 1 saturated heterocycles. The van der Waals surface area contributed by atoms with Crippen LogP contribution < -0.4 is 4.57 Å². The molecule has 0 radical (unpaired) electrons. The van der Waals surface area contributed by atoms with Crippen LogP contribution in [0, 0.1) is 22.0 Å². The average molecular weight is 599 g/mol. The van der Waals surface area contributed by atoms with Crippen molar-refractivity contribution in [1.82, 2.24) is 9.30 Å². The van der Waals surface area contributed by atoms with Crippen LogP contribution in [0.5, 0.6) is 0 Å². The van der Waals surface area contributed by atoms with Gasteiger partial charge in [-0.25, -0.2) is 9.36 Å². The second-order valence-electron chi connectivity index (χ2n) is 9.95. The summed E-state index contributed by atoms with van der Waals surface area (Å²) in [6, 6.07) is 5.36. The van der Waals surface area contributed by atoms with Crippen LogP contribution in [0.1, 0.15) is 30.7 Å². The van der Waals surface area contributed by atoms with Crippen molar-refractivity contribution in [3.05, 3.63) is 73.5 Å². The molecule has 0 bridgehead atoms. The number of hydrogen-bond acceptors (Lipinski definition) is 9. The minimum atomic E-state index is -0.866. The number of ether oxygens (including phenoxy) is 1. The second-order valence-corrected chi connectivity index (χ2v) is 11.8. The van der Waals surface area contributed by atoms with Crippen LogP contribution >= 0.6 is 23.1 Å². The molecule has 0 aliphatic carbocycles. The van der Waals surface area contributed by atoms with Gasteiger partial charge in [0.1, 0.15) is 18.5 Å². The van der Waals surface area contributed by atoms with Crippen LogP contribution in [0.15, 0.2) is 52.6 Å². The highest BCUT2D eigenvalue weighted by atomic mass is 32.2. The summed E-state index contributed by atoms with van der Waals surface area (Å²) in [6.07, 6.45) is 5.71. The Balaban J connectivity index is 1.48. The predicted molar refractivity (Wildman–Crippen MR) is 151 cm³/mol. The number of hydrogen-bond donors (Lipinski definition) is 1. The number of aryl methyl sites for hydroxylation is 1. The number of carbonyl (C=O) groups excluding carboxylic acids is 2. The van der Waals surface area contributed by atoms with Gasteiger partial charge in [-0.3, -0.25) is 14.9 Å². The molecule has 4 atom stereocenters. The van der Waals surface area contributed by atoms with Gasteiger partial charge in [-0.05, 0) is 42.8 Å². The third-order valence-corrected chi connectivity index (χ3v) is 9.55. The summed E-state index contributed by atoms with van der Waals surface area (Å²) in [6.45, 7) is 4.49. The van der Waals surface area contributed by atoms with E-state index >= 15 is 0 Å². The first-order valence-electron chi connectivity index (χ1n) is 12.9. The Morgan fingerprint density at radius 1 is 1.39 bits per heavy atom. The van der Waals surface area contributed by atoms with Gasteiger partial charge in [0, 0.05) is 35.1 Å². The molecule has 0 saturated carbocycles. The van der Waals surface area contributed by atoms with Gasteiger partial charge in [0.15, 0.2) is 0 Å². The van der Waals surface area contributed by atoms with Crippen LogP contribution in [0.4, 0.5) is 5.69 Å². The maximum Gasteiger partial charge on any atom is 0.355 e. The number of esters is 1. The number of carbonyl (C=O) groups is 2. The smallest absolute Gasteiger partial charge is 0.355 e. The molecular weight excluding hydrogens is 570 g/mol. The van der Waals surface area contributed by atoms with E-state index in [0.717, 1.165) is 14.7 Å². The number of rotatable bonds is 11. The van der Waals surface area contributed by atoms with E-state index in [1.807, 2.05) is 30.1 Å². The number of nitrogens with zero attached hydrogens (tertiary/aromatic N) is 7. The van der Waals surface area contributed by atoms with Gasteiger partial charge in [-0.2, -0.15) is 4.40 Å². The minimum Gasteiger partial charge on any atom is -0.456 e. The first-order valence-corrected chi connectivity index (χ1v) is 15.0. The summed E-state index contributed by atoms with van der Waals surface area (Å²) in [5, 5.41) is 25.9. The molecule has 15 heteroatoms. The number of benzene rings is 1. The highest BCUT2D eigenvalue weighted by molar-refractivity contribution is 7.98. The fourth-order valence-electron chi connectivity index (χ4n) is 5.59. The Hall–Kier alpha value is -3.91. The van der Waals surface area contributed by atoms with E-state index in [4.69, 9.17) is 10.3 Å². The molecule has 3 aromatic rings. The van der Waals surface area contributed by atoms with Crippen LogP contribution in [0.3, 0.4) is 0 Å². The van der Waals surface area contributed by atoms with E-state index in [1.54, 1.807) is 18.7 Å². The third kappa shape index (κ3) is 5.05. The summed E-state index contributed by atoms with van der Waals surface area (Å²) in [5.41, 5.74) is 9.90. The summed E-state index contributed by atoms with van der Waals surface area (Å²) >= 11 is 3.09. The van der Waals surface area contributed by atoms with Gasteiger partial charge >= 0.3 is 5.97 Å². The number of thiazole rings is 1. The standard InChI is InChI=1S/C26H28N7O6S2/c1-14-19(18-11-31-13-30(10-4-9-28-29-27)24(40-3)25(31)41-18)22(32-21(14)20(15(2)34)23(32)35)26(36)39-12-16-5-7-17(8-6-16)33(37)38/h5-8,11,13-15,20-21,34H,4,9-10,12H2,1-3H3/q+1/t14-,15+,20+,21+/m0/s1. The summed E-state index contributed by atoms with van der Waals surface area (Å²) in [4.78, 5) is 43.2. The van der Waals surface area contributed by atoms with Gasteiger partial charge < -0.3 is 14.7 Å². The number of fused-ring (bicyclic) bond motifs is 2. The fourth-order valence-corrected chi connectivity index (χ4v) is 7.80. The van der Waals surface area contributed by atoms with Crippen molar-refractivity contribution in [2.45, 2.75) is 50.6 Å². The first-order chi connectivity index (χ1) is 19.7. The van der Waals surface area contributed by atoms with E-state index < -0.39 is 22.9 Å². The normalized spacial score (nSPS) is 20.5. The van der Waals surface area contributed by atoms with Crippen molar-refractivity contribution in [3.8, 4) is 0 Å². The molecule has 1 fully saturated rings. The fraction of sp³-hybridized carbons (Fsp3) is 0.423. The molecule has 5 rings (SSSR count). The number of nitro groups is 1. The molecule has 4 heterocycles. The van der Waals surface area contributed by atoms with Gasteiger partial charge in [0.2, 0.25) is 15.8 Å². The topological polar surface area (TPSA) is 167 Å². The van der Waals surface area contributed by atoms with Gasteiger partial charge in [-0.1, -0.05) is 35.1 Å². The number of thioether (sulfide) groups is 1. The number of azide groups is 1. The molecule has 0 unspecified atom stereocenters. The lowest BCUT2D eigenvalue weighted by molar-refractivity contribution is -0.729. The van der Waals surface area contributed by atoms with Gasteiger partial charge in [0.05, 0.1) is 34.4 Å². The molecule has 41 heavy (non-hydrogen) atoms. The van der Waals surface area contributed by atoms with Crippen LogP contribution in [0.2, 0.25) is 0 Å². The number of aliphatic hydroxyl groups excluding tert-OH is 1. The molecule has 1 aromatic carbocycles. The zero-order valence-electron chi connectivity index (χ0n) is 22.5. The number of aromatic nitrogens is 2. The summed E-state index contributed by atoms with van der Waals surface area (Å²) < 4.78 is 9.71. The quantitative estimate of drug-likeness (QED) is 0.0333. The van der Waals surface area contributed by atoms with E-state index in [-0.39, 0.29) is 35.9 Å². The number of nitro benzene ring substituents is 1. The second kappa shape index (κ2) is 11.5. The Morgan fingerprint density at radius 3 is 2.76 bits per heavy atom. The maximum atomic E-state index is 13.5. The molecule has 2 aliphatic rings. The van der Waals surface area contributed by atoms with Crippen molar-refractivity contribution < 1.29 is 28.9 Å². The van der Waals surface area contributed by atoms with Crippen LogP contribution in [-0.4, -0.2) is 56.2 Å². The van der Waals surface area contributed by atoms with Crippen molar-refractivity contribution in [1.29, 1.82) is 0 Å². The van der Waals surface area contributed by atoms with E-state index in [1.165, 1.54) is 40.5 Å². The van der Waals surface area contributed by atoms with Crippen molar-refractivity contribution in [3.63, 3.8) is 0 Å². The minimum absolute atomic E-state index is 0.0661. The Kier molecular flexibility index (Phi) is 8.04. The zero-order chi connectivity index (χ0) is 29.4. The monoisotopic (exact) mass is 598 g/mol. The maximum absolute atomic E-state index is 13.5. The molecule has 0 spiro atoms. The third-order valence-electron chi connectivity index (χ3n) is 7.47. The highest BCUT2D eigenvalue weighted by Gasteiger charge is 2.60. The number of imidazole rings is 1. The van der Waals surface area contributed by atoms with E-state index in [2.05, 4.69) is 14.6 Å². The summed E-state index contributed by atoms with van der Waals surface area (Å²) in [5.74, 6) is -1.83. The Labute approximate surface area is 242 Å². The van der Waals surface area contributed by atoms with Crippen LogP contribution in [-0.2, 0) is 27.5 Å². The Morgan fingerprint density at radius 2 is 2.12 bits per heavy atom. The van der Waals surface area contributed by atoms with E-state index in [9.17, 15) is 24.8 Å². The highest BCUT2D eigenvalue weighted by Crippen LogP contribution is 2.52. The Bertz CT molecular complexity index is 1610. The lowest BCUT2D eigenvalue weighted by Crippen LogP contribution is -2.63. The van der Waals surface area contributed by atoms with Crippen molar-refractivity contribution >= 4 is 51.1 Å². The molecule has 2 aliphatic heterocycles. The SMILES string of the molecule is CSc1c2sc(C3=C(C(=O)OCc4ccc([N+](=O)[O-])cc4)N4C(=O)[C@H]([C@@H](C)O)[C@H]4[C@H]3C)cn2c[n+]1CCCN=[N+]=[N-]. The molecule has 2 aromatic heterocycles. The van der Waals surface area contributed by atoms with E-state index in [0.29, 0.717) is 30.6 Å². The average Bonchev–Trinajstić information content (AvgIpc) is 3.56. The van der Waals surface area contributed by atoms with Crippen molar-refractivity contribution in [2.75, 3.05) is 12.8 Å². The largest absolute Gasteiger partial charge is 0.456 e. The van der Waals surface area contributed by atoms with Crippen LogP contribution in [0.25, 0.3) is 20.8 Å². The molecule has 1 N–H and O–H groups in total. The lowest BCUT2D eigenvalue weighted by Gasteiger charge is -2.46. The summed E-state index contributed by atoms with van der Waals surface area (Å²) in [7, 11) is 0. The number of non-ortho nitro benzene ring substituents is 1. The number of aliphatic hydroxyl groups is 1. The van der Waals surface area contributed by atoms with Gasteiger partial charge in [-0.15, -0.1) is 0 Å². The predicted octanol–water partition coefficient (Wildman–Crippen LogP) is 3.93. The first kappa shape index (κ1) is 28.6. The molecule has 13 nitrogen and oxygen atoms in total. The number of β-lactam (4-membered cyclic amide) rings is 1. The van der Waals surface area contributed by atoms with Crippen molar-refractivity contribution in [2.24, 2.45) is 17.0 Å². The molecule has 214 valence electrons. The van der Waals surface area contributed by atoms with Gasteiger partial charge in [0.25, 0.3) is 12.0 Å². The molecular formula is C26H28N7O6S2+. The number of amides is 1. The molecule has 1 amide bonds. The zero-order valence-corrected chi connectivity index (χ0v) is 24.2.